The average Bonchev–Trinajstić information content (AvgIpc) is 3.21. The third-order valence-corrected chi connectivity index (χ3v) is 8.06. The SMILES string of the molecule is C=CCN1CC(N(C)C2CCCCC2)[N+]([O-])(c2nnc(S(C)(=O)=O)s2)C1. The van der Waals surface area contributed by atoms with Gasteiger partial charge in [-0.1, -0.05) is 30.4 Å². The molecule has 0 amide bonds. The van der Waals surface area contributed by atoms with Gasteiger partial charge in [0.15, 0.2) is 6.17 Å². The van der Waals surface area contributed by atoms with E-state index in [4.69, 9.17) is 0 Å². The Morgan fingerprint density at radius 3 is 2.65 bits per heavy atom. The Balaban J connectivity index is 1.91. The predicted molar refractivity (Wildman–Crippen MR) is 103 cm³/mol. The molecule has 8 nitrogen and oxygen atoms in total. The van der Waals surface area contributed by atoms with E-state index in [1.54, 1.807) is 6.08 Å². The van der Waals surface area contributed by atoms with Gasteiger partial charge in [-0.3, -0.25) is 9.55 Å². The van der Waals surface area contributed by atoms with Crippen LogP contribution in [0.2, 0.25) is 0 Å². The summed E-state index contributed by atoms with van der Waals surface area (Å²) < 4.78 is 22.8. The molecule has 1 saturated heterocycles. The normalized spacial score (nSPS) is 28.7. The van der Waals surface area contributed by atoms with E-state index in [1.165, 1.54) is 19.3 Å². The number of hydroxylamine groups is 2. The molecule has 1 aliphatic carbocycles. The van der Waals surface area contributed by atoms with Gasteiger partial charge >= 0.3 is 5.13 Å². The molecule has 3 rings (SSSR count). The van der Waals surface area contributed by atoms with E-state index in [-0.39, 0.29) is 22.3 Å². The van der Waals surface area contributed by atoms with E-state index in [0.29, 0.717) is 19.1 Å². The molecule has 2 atom stereocenters. The zero-order valence-corrected chi connectivity index (χ0v) is 17.0. The van der Waals surface area contributed by atoms with Crippen molar-refractivity contribution >= 4 is 26.3 Å². The van der Waals surface area contributed by atoms with Crippen molar-refractivity contribution in [3.05, 3.63) is 17.9 Å². The Bertz CT molecular complexity index is 747. The van der Waals surface area contributed by atoms with E-state index in [0.717, 1.165) is 30.4 Å². The molecular formula is C16H27N5O3S2. The molecule has 0 radical (unpaired) electrons. The topological polar surface area (TPSA) is 89.5 Å². The van der Waals surface area contributed by atoms with Gasteiger partial charge in [0.05, 0.1) is 6.54 Å². The third kappa shape index (κ3) is 3.85. The molecule has 1 aromatic rings. The number of aromatic nitrogens is 2. The van der Waals surface area contributed by atoms with Crippen molar-refractivity contribution in [3.8, 4) is 0 Å². The molecule has 2 heterocycles. The fourth-order valence-corrected chi connectivity index (χ4v) is 5.65. The van der Waals surface area contributed by atoms with Gasteiger partial charge in [0.25, 0.3) is 0 Å². The summed E-state index contributed by atoms with van der Waals surface area (Å²) in [6.07, 6.45) is 8.38. The van der Waals surface area contributed by atoms with Crippen LogP contribution in [-0.2, 0) is 9.84 Å². The first-order valence-electron chi connectivity index (χ1n) is 8.94. The van der Waals surface area contributed by atoms with Gasteiger partial charge in [0, 0.05) is 18.8 Å². The largest absolute Gasteiger partial charge is 0.623 e. The number of nitrogens with zero attached hydrogens (tertiary/aromatic N) is 5. The Hall–Kier alpha value is -0.910. The van der Waals surface area contributed by atoms with Crippen LogP contribution >= 0.6 is 11.3 Å². The second-order valence-corrected chi connectivity index (χ2v) is 10.5. The van der Waals surface area contributed by atoms with Gasteiger partial charge in [-0.05, 0) is 31.2 Å². The molecule has 2 aliphatic rings. The van der Waals surface area contributed by atoms with Crippen molar-refractivity contribution in [2.45, 2.75) is 48.7 Å². The number of rotatable bonds is 6. The van der Waals surface area contributed by atoms with Gasteiger partial charge in [-0.15, -0.1) is 11.7 Å². The van der Waals surface area contributed by atoms with Crippen LogP contribution in [-0.4, -0.2) is 73.7 Å². The van der Waals surface area contributed by atoms with Gasteiger partial charge < -0.3 is 5.21 Å². The fourth-order valence-electron chi connectivity index (χ4n) is 3.97. The molecule has 1 aliphatic heterocycles. The molecule has 1 aromatic heterocycles. The molecule has 2 fully saturated rings. The first kappa shape index (κ1) is 19.8. The molecule has 10 heteroatoms. The minimum Gasteiger partial charge on any atom is -0.623 e. The van der Waals surface area contributed by atoms with Crippen molar-refractivity contribution in [2.24, 2.45) is 0 Å². The Labute approximate surface area is 159 Å². The van der Waals surface area contributed by atoms with Gasteiger partial charge in [-0.25, -0.2) is 13.3 Å². The fraction of sp³-hybridized carbons (Fsp3) is 0.750. The summed E-state index contributed by atoms with van der Waals surface area (Å²) in [5.41, 5.74) is 0. The van der Waals surface area contributed by atoms with Crippen LogP contribution in [0.15, 0.2) is 17.0 Å². The van der Waals surface area contributed by atoms with E-state index >= 15 is 0 Å². The maximum atomic E-state index is 13.9. The summed E-state index contributed by atoms with van der Waals surface area (Å²) in [5.74, 6) is 0. The predicted octanol–water partition coefficient (Wildman–Crippen LogP) is 1.80. The number of hydrogen-bond acceptors (Lipinski definition) is 8. The van der Waals surface area contributed by atoms with Crippen LogP contribution in [0.25, 0.3) is 0 Å². The van der Waals surface area contributed by atoms with Crippen molar-refractivity contribution < 1.29 is 8.42 Å². The lowest BCUT2D eigenvalue weighted by Gasteiger charge is -2.45. The Kier molecular flexibility index (Phi) is 5.80. The summed E-state index contributed by atoms with van der Waals surface area (Å²) in [5, 5.41) is 21.8. The molecule has 2 unspecified atom stereocenters. The van der Waals surface area contributed by atoms with E-state index in [1.807, 2.05) is 11.9 Å². The monoisotopic (exact) mass is 401 g/mol. The van der Waals surface area contributed by atoms with Crippen molar-refractivity contribution in [1.29, 1.82) is 0 Å². The van der Waals surface area contributed by atoms with Crippen LogP contribution in [0.1, 0.15) is 32.1 Å². The van der Waals surface area contributed by atoms with Crippen molar-refractivity contribution in [3.63, 3.8) is 0 Å². The van der Waals surface area contributed by atoms with Gasteiger partial charge in [0.2, 0.25) is 14.2 Å². The lowest BCUT2D eigenvalue weighted by Crippen LogP contribution is -2.58. The van der Waals surface area contributed by atoms with E-state index < -0.39 is 14.5 Å². The molecule has 0 aromatic carbocycles. The summed E-state index contributed by atoms with van der Waals surface area (Å²) in [6, 6.07) is 0.381. The molecule has 0 spiro atoms. The van der Waals surface area contributed by atoms with Crippen molar-refractivity contribution in [1.82, 2.24) is 24.6 Å². The highest BCUT2D eigenvalue weighted by Gasteiger charge is 2.47. The standard InChI is InChI=1S/C16H27N5O3S2/c1-4-10-20-11-14(19(2)13-8-6-5-7-9-13)21(22,12-20)15-17-18-16(25-15)26(3,23)24/h4,13-14H,1,5-12H2,2-3H3. The lowest BCUT2D eigenvalue weighted by molar-refractivity contribution is 0.0808. The van der Waals surface area contributed by atoms with Crippen LogP contribution in [0.3, 0.4) is 0 Å². The molecular weight excluding hydrogens is 374 g/mol. The van der Waals surface area contributed by atoms with Gasteiger partial charge in [0.1, 0.15) is 6.67 Å². The molecule has 26 heavy (non-hydrogen) atoms. The molecule has 146 valence electrons. The minimum absolute atomic E-state index is 0.0953. The Morgan fingerprint density at radius 2 is 2.08 bits per heavy atom. The summed E-state index contributed by atoms with van der Waals surface area (Å²) in [6.45, 7) is 5.23. The zero-order chi connectivity index (χ0) is 18.9. The third-order valence-electron chi connectivity index (χ3n) is 5.36. The van der Waals surface area contributed by atoms with Crippen LogP contribution in [0.4, 0.5) is 5.13 Å². The lowest BCUT2D eigenvalue weighted by atomic mass is 9.94. The maximum Gasteiger partial charge on any atom is 0.310 e. The number of hydrogen-bond donors (Lipinski definition) is 0. The highest BCUT2D eigenvalue weighted by atomic mass is 32.2. The number of sulfone groups is 1. The maximum absolute atomic E-state index is 13.9. The van der Waals surface area contributed by atoms with Crippen LogP contribution in [0, 0.1) is 5.21 Å². The molecule has 0 bridgehead atoms. The van der Waals surface area contributed by atoms with E-state index in [2.05, 4.69) is 21.7 Å². The summed E-state index contributed by atoms with van der Waals surface area (Å²) in [4.78, 5) is 4.24. The number of likely N-dealkylation sites (N-methyl/N-ethyl adjacent to an activating group) is 1. The number of quaternary nitrogens is 1. The molecule has 1 saturated carbocycles. The minimum atomic E-state index is -3.47. The quantitative estimate of drug-likeness (QED) is 0.408. The molecule has 0 N–H and O–H groups in total. The first-order valence-corrected chi connectivity index (χ1v) is 11.6. The average molecular weight is 402 g/mol. The van der Waals surface area contributed by atoms with E-state index in [9.17, 15) is 13.6 Å². The van der Waals surface area contributed by atoms with Gasteiger partial charge in [-0.2, -0.15) is 0 Å². The first-order chi connectivity index (χ1) is 12.3. The smallest absolute Gasteiger partial charge is 0.310 e. The van der Waals surface area contributed by atoms with Crippen molar-refractivity contribution in [2.75, 3.05) is 33.1 Å². The second-order valence-electron chi connectivity index (χ2n) is 7.32. The zero-order valence-electron chi connectivity index (χ0n) is 15.4. The van der Waals surface area contributed by atoms with Crippen LogP contribution < -0.4 is 4.65 Å². The summed E-state index contributed by atoms with van der Waals surface area (Å²) >= 11 is 0.894. The Morgan fingerprint density at radius 1 is 1.38 bits per heavy atom. The highest BCUT2D eigenvalue weighted by molar-refractivity contribution is 7.92. The van der Waals surface area contributed by atoms with Crippen LogP contribution in [0.5, 0.6) is 0 Å². The highest BCUT2D eigenvalue weighted by Crippen LogP contribution is 2.37. The summed E-state index contributed by atoms with van der Waals surface area (Å²) in [7, 11) is -1.45. The second kappa shape index (κ2) is 7.61.